The van der Waals surface area contributed by atoms with Gasteiger partial charge in [0.15, 0.2) is 5.82 Å². The molecular formula is C10H13Cl3N4. The largest absolute Gasteiger partial charge is 0.304 e. The Morgan fingerprint density at radius 2 is 1.76 bits per heavy atom. The zero-order chi connectivity index (χ0) is 12.4. The van der Waals surface area contributed by atoms with Gasteiger partial charge in [-0.2, -0.15) is 0 Å². The van der Waals surface area contributed by atoms with Gasteiger partial charge in [-0.05, 0) is 13.1 Å². The lowest BCUT2D eigenvalue weighted by molar-refractivity contribution is 0.178. The highest BCUT2D eigenvalue weighted by Gasteiger charge is 2.16. The normalized spacial score (nSPS) is 18.4. The summed E-state index contributed by atoms with van der Waals surface area (Å²) in [6, 6.07) is 1.59. The molecule has 2 heterocycles. The van der Waals surface area contributed by atoms with Crippen LogP contribution in [-0.4, -0.2) is 48.1 Å². The van der Waals surface area contributed by atoms with E-state index in [1.807, 2.05) is 0 Å². The molecule has 0 unspecified atom stereocenters. The fourth-order valence-electron chi connectivity index (χ4n) is 1.59. The number of piperazine rings is 1. The van der Waals surface area contributed by atoms with Gasteiger partial charge in [0.1, 0.15) is 5.15 Å². The van der Waals surface area contributed by atoms with Crippen molar-refractivity contribution in [3.63, 3.8) is 0 Å². The zero-order valence-corrected chi connectivity index (χ0v) is 11.6. The van der Waals surface area contributed by atoms with E-state index in [1.165, 1.54) is 0 Å². The zero-order valence-electron chi connectivity index (χ0n) is 9.38. The van der Waals surface area contributed by atoms with Crippen LogP contribution in [0.1, 0.15) is 0 Å². The maximum absolute atomic E-state index is 6.04. The molecule has 1 aromatic rings. The summed E-state index contributed by atoms with van der Waals surface area (Å²) in [5.41, 5.74) is 3.16. The number of halogens is 3. The molecule has 1 saturated heterocycles. The lowest BCUT2D eigenvalue weighted by Crippen LogP contribution is -2.47. The summed E-state index contributed by atoms with van der Waals surface area (Å²) in [5, 5.41) is 3.16. The molecule has 2 rings (SSSR count). The topological polar surface area (TPSA) is 31.4 Å². The number of rotatable bonds is 2. The molecule has 4 nitrogen and oxygen atoms in total. The number of nitrogens with one attached hydrogen (secondary N) is 1. The fraction of sp³-hybridized carbons (Fsp3) is 0.500. The number of hydrogen-bond donors (Lipinski definition) is 1. The van der Waals surface area contributed by atoms with E-state index in [9.17, 15) is 0 Å². The Kier molecular flexibility index (Phi) is 4.33. The van der Waals surface area contributed by atoms with E-state index in [1.54, 1.807) is 6.07 Å². The van der Waals surface area contributed by atoms with E-state index < -0.39 is 0 Å². The molecule has 1 aliphatic rings. The van der Waals surface area contributed by atoms with Gasteiger partial charge in [0.25, 0.3) is 0 Å². The molecule has 0 aromatic carbocycles. The summed E-state index contributed by atoms with van der Waals surface area (Å²) in [4.78, 5) is 6.39. The van der Waals surface area contributed by atoms with Crippen LogP contribution in [0.15, 0.2) is 6.07 Å². The average Bonchev–Trinajstić information content (AvgIpc) is 2.29. The second kappa shape index (κ2) is 5.59. The van der Waals surface area contributed by atoms with Crippen LogP contribution < -0.4 is 5.43 Å². The Morgan fingerprint density at radius 3 is 2.41 bits per heavy atom. The number of likely N-dealkylation sites (N-methyl/N-ethyl adjacent to an activating group) is 1. The summed E-state index contributed by atoms with van der Waals surface area (Å²) >= 11 is 17.7. The van der Waals surface area contributed by atoms with Crippen molar-refractivity contribution in [3.8, 4) is 0 Å². The minimum atomic E-state index is 0.257. The van der Waals surface area contributed by atoms with Gasteiger partial charge < -0.3 is 10.3 Å². The molecular weight excluding hydrogens is 282 g/mol. The molecule has 0 radical (unpaired) electrons. The second-order valence-corrected chi connectivity index (χ2v) is 5.17. The number of pyridine rings is 1. The highest BCUT2D eigenvalue weighted by atomic mass is 35.5. The number of nitrogens with zero attached hydrogens (tertiary/aromatic N) is 3. The monoisotopic (exact) mass is 294 g/mol. The number of hydrazine groups is 1. The molecule has 0 spiro atoms. The molecule has 0 saturated carbocycles. The van der Waals surface area contributed by atoms with Crippen molar-refractivity contribution < 1.29 is 0 Å². The molecule has 17 heavy (non-hydrogen) atoms. The number of hydrogen-bond acceptors (Lipinski definition) is 4. The summed E-state index contributed by atoms with van der Waals surface area (Å²) in [6.07, 6.45) is 0. The molecule has 1 aromatic heterocycles. The van der Waals surface area contributed by atoms with Crippen LogP contribution in [0.25, 0.3) is 0 Å². The smallest absolute Gasteiger partial charge is 0.161 e. The van der Waals surface area contributed by atoms with E-state index in [4.69, 9.17) is 34.8 Å². The van der Waals surface area contributed by atoms with Crippen LogP contribution in [0.3, 0.4) is 0 Å². The molecule has 7 heteroatoms. The molecule has 0 bridgehead atoms. The molecule has 1 N–H and O–H groups in total. The molecule has 0 amide bonds. The van der Waals surface area contributed by atoms with Gasteiger partial charge in [0.2, 0.25) is 0 Å². The van der Waals surface area contributed by atoms with Gasteiger partial charge in [0, 0.05) is 26.2 Å². The molecule has 0 aliphatic carbocycles. The minimum absolute atomic E-state index is 0.257. The van der Waals surface area contributed by atoms with Gasteiger partial charge in [-0.25, -0.2) is 9.99 Å². The Bertz CT molecular complexity index is 405. The predicted octanol–water partition coefficient (Wildman–Crippen LogP) is 2.62. The van der Waals surface area contributed by atoms with Crippen molar-refractivity contribution in [1.82, 2.24) is 14.9 Å². The highest BCUT2D eigenvalue weighted by Crippen LogP contribution is 2.29. The summed E-state index contributed by atoms with van der Waals surface area (Å²) in [5.74, 6) is 0.547. The van der Waals surface area contributed by atoms with Crippen molar-refractivity contribution in [1.29, 1.82) is 0 Å². The maximum atomic E-state index is 6.04. The predicted molar refractivity (Wildman–Crippen MR) is 72.0 cm³/mol. The van der Waals surface area contributed by atoms with Crippen LogP contribution in [0, 0.1) is 0 Å². The first-order valence-corrected chi connectivity index (χ1v) is 6.41. The van der Waals surface area contributed by atoms with Crippen LogP contribution >= 0.6 is 34.8 Å². The first-order valence-electron chi connectivity index (χ1n) is 5.28. The van der Waals surface area contributed by atoms with Crippen LogP contribution in [0.4, 0.5) is 5.82 Å². The first-order chi connectivity index (χ1) is 8.06. The van der Waals surface area contributed by atoms with Gasteiger partial charge in [-0.15, -0.1) is 0 Å². The summed E-state index contributed by atoms with van der Waals surface area (Å²) < 4.78 is 0. The van der Waals surface area contributed by atoms with Gasteiger partial charge >= 0.3 is 0 Å². The number of anilines is 1. The van der Waals surface area contributed by atoms with E-state index in [0.717, 1.165) is 26.2 Å². The highest BCUT2D eigenvalue weighted by molar-refractivity contribution is 6.42. The van der Waals surface area contributed by atoms with Crippen molar-refractivity contribution in [2.24, 2.45) is 0 Å². The van der Waals surface area contributed by atoms with Gasteiger partial charge in [-0.3, -0.25) is 0 Å². The van der Waals surface area contributed by atoms with E-state index in [2.05, 4.69) is 27.4 Å². The van der Waals surface area contributed by atoms with E-state index in [0.29, 0.717) is 15.9 Å². The third kappa shape index (κ3) is 3.36. The Morgan fingerprint density at radius 1 is 1.12 bits per heavy atom. The van der Waals surface area contributed by atoms with Crippen molar-refractivity contribution >= 4 is 40.6 Å². The maximum Gasteiger partial charge on any atom is 0.161 e. The molecule has 94 valence electrons. The van der Waals surface area contributed by atoms with Gasteiger partial charge in [-0.1, -0.05) is 34.8 Å². The molecule has 1 fully saturated rings. The lowest BCUT2D eigenvalue weighted by Gasteiger charge is -2.32. The second-order valence-electron chi connectivity index (χ2n) is 3.99. The van der Waals surface area contributed by atoms with Crippen molar-refractivity contribution in [2.75, 3.05) is 38.7 Å². The van der Waals surface area contributed by atoms with Crippen LogP contribution in [-0.2, 0) is 0 Å². The third-order valence-corrected chi connectivity index (χ3v) is 3.62. The standard InChI is InChI=1S/C10H13Cl3N4/c1-16-2-4-17(5-3-16)15-10-8(12)6-7(11)9(13)14-10/h6H,2-5H2,1H3,(H,14,15). The molecule has 0 atom stereocenters. The third-order valence-electron chi connectivity index (χ3n) is 2.65. The van der Waals surface area contributed by atoms with Crippen molar-refractivity contribution in [3.05, 3.63) is 21.3 Å². The van der Waals surface area contributed by atoms with E-state index >= 15 is 0 Å². The van der Waals surface area contributed by atoms with Crippen molar-refractivity contribution in [2.45, 2.75) is 0 Å². The Labute approximate surface area is 115 Å². The Balaban J connectivity index is 2.06. The van der Waals surface area contributed by atoms with Crippen LogP contribution in [0.5, 0.6) is 0 Å². The Hall–Kier alpha value is -0.260. The number of aromatic nitrogens is 1. The fourth-order valence-corrected chi connectivity index (χ4v) is 2.13. The minimum Gasteiger partial charge on any atom is -0.304 e. The SMILES string of the molecule is CN1CCN(Nc2nc(Cl)c(Cl)cc2Cl)CC1. The van der Waals surface area contributed by atoms with Crippen LogP contribution in [0.2, 0.25) is 15.2 Å². The summed E-state index contributed by atoms with van der Waals surface area (Å²) in [6.45, 7) is 3.83. The first kappa shape index (κ1) is 13.2. The summed E-state index contributed by atoms with van der Waals surface area (Å²) in [7, 11) is 2.10. The van der Waals surface area contributed by atoms with Gasteiger partial charge in [0.05, 0.1) is 10.0 Å². The average molecular weight is 296 g/mol. The molecule has 1 aliphatic heterocycles. The lowest BCUT2D eigenvalue weighted by atomic mass is 10.4. The van der Waals surface area contributed by atoms with E-state index in [-0.39, 0.29) is 5.15 Å². The quantitative estimate of drug-likeness (QED) is 0.850.